The summed E-state index contributed by atoms with van der Waals surface area (Å²) in [5.74, 6) is 0.489. The van der Waals surface area contributed by atoms with E-state index in [1.165, 1.54) is 24.2 Å². The molecule has 2 aromatic carbocycles. The molecular weight excluding hydrogens is 318 g/mol. The zero-order chi connectivity index (χ0) is 16.4. The second-order valence-corrected chi connectivity index (χ2v) is 6.92. The minimum Gasteiger partial charge on any atom is -0.356 e. The summed E-state index contributed by atoms with van der Waals surface area (Å²) in [6.07, 6.45) is 4.08. The van der Waals surface area contributed by atoms with Crippen molar-refractivity contribution in [3.63, 3.8) is 0 Å². The van der Waals surface area contributed by atoms with Crippen molar-refractivity contribution in [2.24, 2.45) is 0 Å². The van der Waals surface area contributed by atoms with E-state index in [2.05, 4.69) is 15.6 Å². The number of hydrogen-bond acceptors (Lipinski definition) is 4. The van der Waals surface area contributed by atoms with Crippen LogP contribution in [-0.4, -0.2) is 10.9 Å². The largest absolute Gasteiger partial charge is 0.356 e. The molecule has 5 heteroatoms. The molecule has 4 rings (SSSR count). The van der Waals surface area contributed by atoms with E-state index in [9.17, 15) is 4.79 Å². The Morgan fingerprint density at radius 3 is 2.33 bits per heavy atom. The number of amides is 1. The standard InChI is InChI=1S/C19H17N3OS/c23-18(17-12-20-19(24-17)13-6-7-13)22-16-10-8-15(9-11-16)21-14-4-2-1-3-5-14/h1-5,8-13,21H,6-7H2,(H,22,23). The molecule has 0 bridgehead atoms. The average molecular weight is 335 g/mol. The van der Waals surface area contributed by atoms with Crippen LogP contribution in [0.3, 0.4) is 0 Å². The zero-order valence-electron chi connectivity index (χ0n) is 13.0. The van der Waals surface area contributed by atoms with Crippen LogP contribution in [0.4, 0.5) is 17.1 Å². The minimum atomic E-state index is -0.0943. The van der Waals surface area contributed by atoms with Crippen LogP contribution in [0, 0.1) is 0 Å². The molecule has 0 radical (unpaired) electrons. The Bertz CT molecular complexity index is 839. The number of rotatable bonds is 5. The SMILES string of the molecule is O=C(Nc1ccc(Nc2ccccc2)cc1)c1cnc(C2CC2)s1. The van der Waals surface area contributed by atoms with Crippen molar-refractivity contribution in [3.05, 3.63) is 70.7 Å². The number of carbonyl (C=O) groups is 1. The summed E-state index contributed by atoms with van der Waals surface area (Å²) in [6, 6.07) is 17.7. The van der Waals surface area contributed by atoms with Gasteiger partial charge >= 0.3 is 0 Å². The van der Waals surface area contributed by atoms with Gasteiger partial charge < -0.3 is 10.6 Å². The maximum atomic E-state index is 12.3. The summed E-state index contributed by atoms with van der Waals surface area (Å²) in [5.41, 5.74) is 2.79. The highest BCUT2D eigenvalue weighted by Gasteiger charge is 2.27. The Kier molecular flexibility index (Phi) is 4.01. The monoisotopic (exact) mass is 335 g/mol. The predicted molar refractivity (Wildman–Crippen MR) is 98.2 cm³/mol. The third kappa shape index (κ3) is 3.46. The van der Waals surface area contributed by atoms with Crippen molar-refractivity contribution >= 4 is 34.3 Å². The lowest BCUT2D eigenvalue weighted by Crippen LogP contribution is -2.09. The summed E-state index contributed by atoms with van der Waals surface area (Å²) < 4.78 is 0. The zero-order valence-corrected chi connectivity index (χ0v) is 13.8. The number of hydrogen-bond donors (Lipinski definition) is 2. The molecule has 0 atom stereocenters. The lowest BCUT2D eigenvalue weighted by Gasteiger charge is -2.08. The molecule has 1 saturated carbocycles. The Morgan fingerprint density at radius 1 is 0.958 bits per heavy atom. The molecule has 1 amide bonds. The fourth-order valence-corrected chi connectivity index (χ4v) is 3.41. The van der Waals surface area contributed by atoms with Gasteiger partial charge in [0.05, 0.1) is 11.2 Å². The fourth-order valence-electron chi connectivity index (χ4n) is 2.43. The average Bonchev–Trinajstić information content (AvgIpc) is 3.34. The smallest absolute Gasteiger partial charge is 0.267 e. The van der Waals surface area contributed by atoms with Crippen molar-refractivity contribution in [3.8, 4) is 0 Å². The van der Waals surface area contributed by atoms with Gasteiger partial charge in [0.25, 0.3) is 5.91 Å². The number of nitrogens with zero attached hydrogens (tertiary/aromatic N) is 1. The van der Waals surface area contributed by atoms with Crippen LogP contribution in [0.15, 0.2) is 60.8 Å². The van der Waals surface area contributed by atoms with E-state index in [4.69, 9.17) is 0 Å². The molecule has 0 spiro atoms. The highest BCUT2D eigenvalue weighted by molar-refractivity contribution is 7.13. The molecule has 4 nitrogen and oxygen atoms in total. The van der Waals surface area contributed by atoms with Gasteiger partial charge in [0.15, 0.2) is 0 Å². The van der Waals surface area contributed by atoms with Gasteiger partial charge in [-0.1, -0.05) is 18.2 Å². The number of thiazole rings is 1. The summed E-state index contributed by atoms with van der Waals surface area (Å²) in [6.45, 7) is 0. The quantitative estimate of drug-likeness (QED) is 0.688. The summed E-state index contributed by atoms with van der Waals surface area (Å²) >= 11 is 1.50. The molecule has 0 aliphatic heterocycles. The number of nitrogens with one attached hydrogen (secondary N) is 2. The van der Waals surface area contributed by atoms with Crippen LogP contribution >= 0.6 is 11.3 Å². The Labute approximate surface area is 144 Å². The molecule has 1 aromatic heterocycles. The van der Waals surface area contributed by atoms with Crippen molar-refractivity contribution in [1.29, 1.82) is 0 Å². The van der Waals surface area contributed by atoms with Gasteiger partial charge in [0.1, 0.15) is 4.88 Å². The van der Waals surface area contributed by atoms with E-state index in [0.717, 1.165) is 22.1 Å². The predicted octanol–water partition coefficient (Wildman–Crippen LogP) is 5.02. The summed E-state index contributed by atoms with van der Waals surface area (Å²) in [4.78, 5) is 17.3. The Morgan fingerprint density at radius 2 is 1.62 bits per heavy atom. The number of carbonyl (C=O) groups excluding carboxylic acids is 1. The molecule has 3 aromatic rings. The lowest BCUT2D eigenvalue weighted by atomic mass is 10.2. The highest BCUT2D eigenvalue weighted by Crippen LogP contribution is 2.41. The fraction of sp³-hybridized carbons (Fsp3) is 0.158. The number of anilines is 3. The molecular formula is C19H17N3OS. The van der Waals surface area contributed by atoms with Gasteiger partial charge in [0.2, 0.25) is 0 Å². The first-order valence-electron chi connectivity index (χ1n) is 7.97. The Hall–Kier alpha value is -2.66. The molecule has 24 heavy (non-hydrogen) atoms. The van der Waals surface area contributed by atoms with Gasteiger partial charge in [-0.3, -0.25) is 4.79 Å². The molecule has 2 N–H and O–H groups in total. The number of aromatic nitrogens is 1. The normalized spacial score (nSPS) is 13.5. The maximum Gasteiger partial charge on any atom is 0.267 e. The molecule has 1 aliphatic carbocycles. The number of para-hydroxylation sites is 1. The van der Waals surface area contributed by atoms with Crippen molar-refractivity contribution in [2.75, 3.05) is 10.6 Å². The summed E-state index contributed by atoms with van der Waals surface area (Å²) in [5, 5.41) is 7.33. The van der Waals surface area contributed by atoms with E-state index in [1.54, 1.807) is 6.20 Å². The summed E-state index contributed by atoms with van der Waals surface area (Å²) in [7, 11) is 0. The van der Waals surface area contributed by atoms with E-state index in [0.29, 0.717) is 10.8 Å². The number of benzene rings is 2. The van der Waals surface area contributed by atoms with Gasteiger partial charge in [-0.05, 0) is 49.2 Å². The van der Waals surface area contributed by atoms with Crippen LogP contribution in [-0.2, 0) is 0 Å². The third-order valence-electron chi connectivity index (χ3n) is 3.88. The highest BCUT2D eigenvalue weighted by atomic mass is 32.1. The molecule has 1 heterocycles. The Balaban J connectivity index is 1.40. The van der Waals surface area contributed by atoms with Crippen molar-refractivity contribution < 1.29 is 4.79 Å². The van der Waals surface area contributed by atoms with Gasteiger partial charge in [-0.2, -0.15) is 0 Å². The van der Waals surface area contributed by atoms with Crippen LogP contribution < -0.4 is 10.6 Å². The lowest BCUT2D eigenvalue weighted by molar-refractivity contribution is 0.103. The van der Waals surface area contributed by atoms with E-state index in [-0.39, 0.29) is 5.91 Å². The topological polar surface area (TPSA) is 54.0 Å². The van der Waals surface area contributed by atoms with Crippen LogP contribution in [0.5, 0.6) is 0 Å². The van der Waals surface area contributed by atoms with Crippen molar-refractivity contribution in [1.82, 2.24) is 4.98 Å². The third-order valence-corrected chi connectivity index (χ3v) is 5.04. The van der Waals surface area contributed by atoms with Gasteiger partial charge in [-0.15, -0.1) is 11.3 Å². The minimum absolute atomic E-state index is 0.0943. The molecule has 0 saturated heterocycles. The first kappa shape index (κ1) is 14.9. The first-order valence-corrected chi connectivity index (χ1v) is 8.79. The second-order valence-electron chi connectivity index (χ2n) is 5.86. The van der Waals surface area contributed by atoms with Crippen molar-refractivity contribution in [2.45, 2.75) is 18.8 Å². The van der Waals surface area contributed by atoms with Crippen LogP contribution in [0.2, 0.25) is 0 Å². The molecule has 0 unspecified atom stereocenters. The van der Waals surface area contributed by atoms with Gasteiger partial charge in [0, 0.05) is 23.0 Å². The maximum absolute atomic E-state index is 12.3. The molecule has 1 aliphatic rings. The molecule has 1 fully saturated rings. The van der Waals surface area contributed by atoms with Crippen LogP contribution in [0.1, 0.15) is 33.4 Å². The van der Waals surface area contributed by atoms with E-state index in [1.807, 2.05) is 54.6 Å². The van der Waals surface area contributed by atoms with E-state index >= 15 is 0 Å². The van der Waals surface area contributed by atoms with Gasteiger partial charge in [-0.25, -0.2) is 4.98 Å². The van der Waals surface area contributed by atoms with E-state index < -0.39 is 0 Å². The second kappa shape index (κ2) is 6.45. The first-order chi connectivity index (χ1) is 11.8. The molecule has 120 valence electrons. The van der Waals surface area contributed by atoms with Crippen LogP contribution in [0.25, 0.3) is 0 Å².